The first kappa shape index (κ1) is 20.4. The lowest BCUT2D eigenvalue weighted by Crippen LogP contribution is -2.37. The van der Waals surface area contributed by atoms with Crippen molar-refractivity contribution in [3.05, 3.63) is 57.7 Å². The first-order valence-electron chi connectivity index (χ1n) is 8.80. The summed E-state index contributed by atoms with van der Waals surface area (Å²) in [5, 5.41) is 5.99. The molecular weight excluding hydrogens is 403 g/mol. The molecule has 0 spiro atoms. The summed E-state index contributed by atoms with van der Waals surface area (Å²) >= 11 is 11.7. The van der Waals surface area contributed by atoms with E-state index in [0.717, 1.165) is 24.5 Å². The molecule has 2 amide bonds. The number of hydrogen-bond donors (Lipinski definition) is 2. The van der Waals surface area contributed by atoms with E-state index in [1.165, 1.54) is 12.1 Å². The smallest absolute Gasteiger partial charge is 0.251 e. The molecule has 1 aromatic carbocycles. The second kappa shape index (κ2) is 9.73. The Hall–Kier alpha value is -2.35. The standard InChI is InChI=1S/C19H20Cl2N4O3/c20-15-2-1-14(10-16(15)21)19(27)24-12-18(26)23-11-13-3-4-22-17(9-13)25-5-7-28-8-6-25/h1-4,9-10H,5-8,11-12H2,(H,23,26)(H,24,27). The highest BCUT2D eigenvalue weighted by Gasteiger charge is 2.13. The van der Waals surface area contributed by atoms with Gasteiger partial charge in [0.1, 0.15) is 5.82 Å². The molecule has 28 heavy (non-hydrogen) atoms. The Kier molecular flexibility index (Phi) is 7.08. The molecule has 1 aliphatic heterocycles. The van der Waals surface area contributed by atoms with Gasteiger partial charge in [-0.25, -0.2) is 4.98 Å². The number of halogens is 2. The number of hydrogen-bond acceptors (Lipinski definition) is 5. The summed E-state index contributed by atoms with van der Waals surface area (Å²) in [5.74, 6) is 0.174. The molecular formula is C19H20Cl2N4O3. The fourth-order valence-corrected chi connectivity index (χ4v) is 3.00. The normalized spacial score (nSPS) is 13.9. The van der Waals surface area contributed by atoms with Crippen LogP contribution in [0, 0.1) is 0 Å². The molecule has 148 valence electrons. The summed E-state index contributed by atoms with van der Waals surface area (Å²) in [5.41, 5.74) is 1.27. The molecule has 2 aromatic rings. The fraction of sp³-hybridized carbons (Fsp3) is 0.316. The van der Waals surface area contributed by atoms with E-state index in [2.05, 4.69) is 20.5 Å². The van der Waals surface area contributed by atoms with Gasteiger partial charge in [-0.05, 0) is 35.9 Å². The van der Waals surface area contributed by atoms with E-state index in [-0.39, 0.29) is 17.5 Å². The molecule has 1 aromatic heterocycles. The third-order valence-electron chi connectivity index (χ3n) is 4.23. The van der Waals surface area contributed by atoms with E-state index in [1.54, 1.807) is 12.3 Å². The van der Waals surface area contributed by atoms with Crippen molar-refractivity contribution in [2.75, 3.05) is 37.7 Å². The molecule has 1 aliphatic rings. The second-order valence-electron chi connectivity index (χ2n) is 6.21. The van der Waals surface area contributed by atoms with Crippen molar-refractivity contribution in [1.82, 2.24) is 15.6 Å². The van der Waals surface area contributed by atoms with Crippen molar-refractivity contribution in [3.63, 3.8) is 0 Å². The number of rotatable bonds is 6. The molecule has 0 atom stereocenters. The first-order chi connectivity index (χ1) is 13.5. The van der Waals surface area contributed by atoms with Crippen molar-refractivity contribution < 1.29 is 14.3 Å². The third kappa shape index (κ3) is 5.58. The predicted octanol–water partition coefficient (Wildman–Crippen LogP) is 2.27. The van der Waals surface area contributed by atoms with Crippen LogP contribution in [-0.4, -0.2) is 49.6 Å². The van der Waals surface area contributed by atoms with Gasteiger partial charge in [-0.15, -0.1) is 0 Å². The minimum Gasteiger partial charge on any atom is -0.378 e. The Morgan fingerprint density at radius 2 is 1.86 bits per heavy atom. The van der Waals surface area contributed by atoms with E-state index >= 15 is 0 Å². The quantitative estimate of drug-likeness (QED) is 0.745. The molecule has 7 nitrogen and oxygen atoms in total. The van der Waals surface area contributed by atoms with E-state index in [4.69, 9.17) is 27.9 Å². The lowest BCUT2D eigenvalue weighted by atomic mass is 10.2. The molecule has 2 heterocycles. The number of ether oxygens (including phenoxy) is 1. The molecule has 2 N–H and O–H groups in total. The van der Waals surface area contributed by atoms with Crippen LogP contribution >= 0.6 is 23.2 Å². The number of pyridine rings is 1. The van der Waals surface area contributed by atoms with Crippen LogP contribution in [0.3, 0.4) is 0 Å². The van der Waals surface area contributed by atoms with Crippen LogP contribution < -0.4 is 15.5 Å². The number of aromatic nitrogens is 1. The van der Waals surface area contributed by atoms with Gasteiger partial charge in [0.25, 0.3) is 5.91 Å². The highest BCUT2D eigenvalue weighted by molar-refractivity contribution is 6.42. The predicted molar refractivity (Wildman–Crippen MR) is 108 cm³/mol. The van der Waals surface area contributed by atoms with Crippen LogP contribution in [0.15, 0.2) is 36.5 Å². The zero-order valence-electron chi connectivity index (χ0n) is 15.1. The maximum atomic E-state index is 12.1. The minimum absolute atomic E-state index is 0.138. The van der Waals surface area contributed by atoms with Gasteiger partial charge in [0.15, 0.2) is 0 Å². The molecule has 0 unspecified atom stereocenters. The highest BCUT2D eigenvalue weighted by atomic mass is 35.5. The van der Waals surface area contributed by atoms with Gasteiger partial charge in [0, 0.05) is 31.4 Å². The van der Waals surface area contributed by atoms with Crippen LogP contribution in [-0.2, 0) is 16.1 Å². The molecule has 0 bridgehead atoms. The van der Waals surface area contributed by atoms with Gasteiger partial charge < -0.3 is 20.3 Å². The second-order valence-corrected chi connectivity index (χ2v) is 7.02. The Balaban J connectivity index is 1.47. The summed E-state index contributed by atoms with van der Waals surface area (Å²) < 4.78 is 5.35. The summed E-state index contributed by atoms with van der Waals surface area (Å²) in [6.07, 6.45) is 1.72. The number of carbonyl (C=O) groups is 2. The van der Waals surface area contributed by atoms with Crippen molar-refractivity contribution in [2.45, 2.75) is 6.54 Å². The fourth-order valence-electron chi connectivity index (χ4n) is 2.70. The molecule has 9 heteroatoms. The number of anilines is 1. The maximum Gasteiger partial charge on any atom is 0.251 e. The molecule has 1 saturated heterocycles. The Bertz CT molecular complexity index is 857. The van der Waals surface area contributed by atoms with E-state index in [9.17, 15) is 9.59 Å². The molecule has 0 aliphatic carbocycles. The molecule has 3 rings (SSSR count). The largest absolute Gasteiger partial charge is 0.378 e. The van der Waals surface area contributed by atoms with Gasteiger partial charge in [0.2, 0.25) is 5.91 Å². The zero-order valence-corrected chi connectivity index (χ0v) is 16.6. The van der Waals surface area contributed by atoms with E-state index in [1.807, 2.05) is 12.1 Å². The highest BCUT2D eigenvalue weighted by Crippen LogP contribution is 2.22. The number of nitrogens with one attached hydrogen (secondary N) is 2. The monoisotopic (exact) mass is 422 g/mol. The number of benzene rings is 1. The van der Waals surface area contributed by atoms with Crippen LogP contribution in [0.4, 0.5) is 5.82 Å². The maximum absolute atomic E-state index is 12.1. The molecule has 0 radical (unpaired) electrons. The van der Waals surface area contributed by atoms with Crippen LogP contribution in [0.25, 0.3) is 0 Å². The van der Waals surface area contributed by atoms with Gasteiger partial charge in [0.05, 0.1) is 29.8 Å². The third-order valence-corrected chi connectivity index (χ3v) is 4.96. The molecule has 0 saturated carbocycles. The molecule has 1 fully saturated rings. The zero-order chi connectivity index (χ0) is 19.9. The average Bonchev–Trinajstić information content (AvgIpc) is 2.73. The van der Waals surface area contributed by atoms with E-state index in [0.29, 0.717) is 30.3 Å². The van der Waals surface area contributed by atoms with E-state index < -0.39 is 5.91 Å². The SMILES string of the molecule is O=C(CNC(=O)c1ccc(Cl)c(Cl)c1)NCc1ccnc(N2CCOCC2)c1. The van der Waals surface area contributed by atoms with Crippen LogP contribution in [0.1, 0.15) is 15.9 Å². The lowest BCUT2D eigenvalue weighted by Gasteiger charge is -2.28. The van der Waals surface area contributed by atoms with Gasteiger partial charge >= 0.3 is 0 Å². The Morgan fingerprint density at radius 3 is 2.61 bits per heavy atom. The summed E-state index contributed by atoms with van der Waals surface area (Å²) in [4.78, 5) is 30.7. The number of amides is 2. The van der Waals surface area contributed by atoms with Crippen LogP contribution in [0.2, 0.25) is 10.0 Å². The number of nitrogens with zero attached hydrogens (tertiary/aromatic N) is 2. The Labute approximate surface area is 173 Å². The van der Waals surface area contributed by atoms with Crippen molar-refractivity contribution in [3.8, 4) is 0 Å². The topological polar surface area (TPSA) is 83.6 Å². The Morgan fingerprint density at radius 1 is 1.07 bits per heavy atom. The van der Waals surface area contributed by atoms with Gasteiger partial charge in [-0.2, -0.15) is 0 Å². The van der Waals surface area contributed by atoms with Crippen molar-refractivity contribution >= 4 is 40.8 Å². The van der Waals surface area contributed by atoms with Gasteiger partial charge in [-0.1, -0.05) is 23.2 Å². The summed E-state index contributed by atoms with van der Waals surface area (Å²) in [6, 6.07) is 8.33. The number of carbonyl (C=O) groups excluding carboxylic acids is 2. The van der Waals surface area contributed by atoms with Crippen molar-refractivity contribution in [1.29, 1.82) is 0 Å². The first-order valence-corrected chi connectivity index (χ1v) is 9.56. The average molecular weight is 423 g/mol. The minimum atomic E-state index is -0.396. The lowest BCUT2D eigenvalue weighted by molar-refractivity contribution is -0.120. The summed E-state index contributed by atoms with van der Waals surface area (Å²) in [7, 11) is 0. The summed E-state index contributed by atoms with van der Waals surface area (Å²) in [6.45, 7) is 3.16. The van der Waals surface area contributed by atoms with Crippen LogP contribution in [0.5, 0.6) is 0 Å². The van der Waals surface area contributed by atoms with Gasteiger partial charge in [-0.3, -0.25) is 9.59 Å². The van der Waals surface area contributed by atoms with Crippen molar-refractivity contribution in [2.24, 2.45) is 0 Å². The number of morpholine rings is 1.